The second kappa shape index (κ2) is 8.83. The van der Waals surface area contributed by atoms with E-state index in [0.29, 0.717) is 5.56 Å². The molecule has 0 spiro atoms. The maximum absolute atomic E-state index is 12.7. The Kier molecular flexibility index (Phi) is 6.71. The molecule has 2 amide bonds. The average molecular weight is 469 g/mol. The van der Waals surface area contributed by atoms with Crippen LogP contribution in [0.5, 0.6) is 0 Å². The van der Waals surface area contributed by atoms with Gasteiger partial charge in [-0.25, -0.2) is 9.97 Å². The molecule has 7 nitrogen and oxygen atoms in total. The minimum Gasteiger partial charge on any atom is -0.315 e. The van der Waals surface area contributed by atoms with E-state index in [1.807, 2.05) is 0 Å². The molecular formula is C18H12BrF3N4O3. The van der Waals surface area contributed by atoms with Gasteiger partial charge in [-0.15, -0.1) is 0 Å². The number of hydrogen-bond acceptors (Lipinski definition) is 5. The Labute approximate surface area is 171 Å². The van der Waals surface area contributed by atoms with Gasteiger partial charge in [0.15, 0.2) is 5.78 Å². The van der Waals surface area contributed by atoms with E-state index < -0.39 is 23.6 Å². The number of nitrogens with zero attached hydrogens (tertiary/aromatic N) is 2. The second-order valence-electron chi connectivity index (χ2n) is 5.59. The minimum absolute atomic E-state index is 0.144. The molecule has 0 radical (unpaired) electrons. The molecule has 29 heavy (non-hydrogen) atoms. The summed E-state index contributed by atoms with van der Waals surface area (Å²) in [6, 6.07) is 4.11. The molecular weight excluding hydrogens is 457 g/mol. The highest BCUT2D eigenvalue weighted by atomic mass is 79.9. The van der Waals surface area contributed by atoms with Gasteiger partial charge in [-0.05, 0) is 47.0 Å². The smallest absolute Gasteiger partial charge is 0.315 e. The topological polar surface area (TPSA) is 101 Å². The Hall–Kier alpha value is -3.26. The molecule has 2 aromatic rings. The van der Waals surface area contributed by atoms with Gasteiger partial charge in [-0.2, -0.15) is 13.2 Å². The van der Waals surface area contributed by atoms with Crippen molar-refractivity contribution >= 4 is 45.0 Å². The number of ketones is 1. The van der Waals surface area contributed by atoms with Gasteiger partial charge in [0.25, 0.3) is 0 Å². The lowest BCUT2D eigenvalue weighted by molar-refractivity contribution is -0.167. The molecule has 150 valence electrons. The standard InChI is InChI=1S/C18H12BrF3N4O3/c1-9(27)12-8-14(19)25-13(16(12)26-17(29)18(20,21)22)4-3-11-5-6-23-15(7-11)24-10(2)28/h5-8H,1-2H3,(H,26,29)(H,23,24,28). The molecule has 2 rings (SSSR count). The zero-order valence-electron chi connectivity index (χ0n) is 14.9. The molecule has 11 heteroatoms. The van der Waals surface area contributed by atoms with Gasteiger partial charge in [-0.1, -0.05) is 5.92 Å². The first-order valence-corrected chi connectivity index (χ1v) is 8.62. The van der Waals surface area contributed by atoms with Gasteiger partial charge in [0.05, 0.1) is 5.69 Å². The van der Waals surface area contributed by atoms with Crippen LogP contribution < -0.4 is 10.6 Å². The Bertz CT molecular complexity index is 1060. The van der Waals surface area contributed by atoms with Crippen molar-refractivity contribution in [3.63, 3.8) is 0 Å². The lowest BCUT2D eigenvalue weighted by atomic mass is 10.1. The summed E-state index contributed by atoms with van der Waals surface area (Å²) in [6.45, 7) is 2.43. The summed E-state index contributed by atoms with van der Waals surface area (Å²) in [5.41, 5.74) is -0.530. The number of Topliss-reactive ketones (excluding diaryl/α,β-unsaturated/α-hetero) is 1. The minimum atomic E-state index is -5.16. The summed E-state index contributed by atoms with van der Waals surface area (Å²) >= 11 is 3.06. The summed E-state index contributed by atoms with van der Waals surface area (Å²) < 4.78 is 38.2. The van der Waals surface area contributed by atoms with Crippen molar-refractivity contribution in [2.75, 3.05) is 10.6 Å². The Morgan fingerprint density at radius 1 is 1.10 bits per heavy atom. The number of pyridine rings is 2. The number of amides is 2. The fraction of sp³-hybridized carbons (Fsp3) is 0.167. The zero-order valence-corrected chi connectivity index (χ0v) is 16.5. The molecule has 0 aliphatic carbocycles. The van der Waals surface area contributed by atoms with E-state index >= 15 is 0 Å². The zero-order chi connectivity index (χ0) is 21.8. The molecule has 2 aromatic heterocycles. The van der Waals surface area contributed by atoms with E-state index in [0.717, 1.165) is 6.92 Å². The van der Waals surface area contributed by atoms with E-state index in [1.54, 1.807) is 5.32 Å². The van der Waals surface area contributed by atoms with E-state index in [9.17, 15) is 27.6 Å². The van der Waals surface area contributed by atoms with Crippen molar-refractivity contribution in [3.8, 4) is 11.8 Å². The fourth-order valence-corrected chi connectivity index (χ4v) is 2.49. The molecule has 0 bridgehead atoms. The van der Waals surface area contributed by atoms with Crippen LogP contribution in [-0.2, 0) is 9.59 Å². The predicted molar refractivity (Wildman–Crippen MR) is 101 cm³/mol. The fourth-order valence-electron chi connectivity index (χ4n) is 2.08. The highest BCUT2D eigenvalue weighted by molar-refractivity contribution is 9.10. The van der Waals surface area contributed by atoms with Gasteiger partial charge >= 0.3 is 12.1 Å². The summed E-state index contributed by atoms with van der Waals surface area (Å²) in [7, 11) is 0. The van der Waals surface area contributed by atoms with Crippen LogP contribution in [0.2, 0.25) is 0 Å². The number of rotatable bonds is 3. The van der Waals surface area contributed by atoms with Crippen molar-refractivity contribution in [3.05, 3.63) is 45.8 Å². The average Bonchev–Trinajstić information content (AvgIpc) is 2.60. The van der Waals surface area contributed by atoms with Crippen LogP contribution in [0, 0.1) is 11.8 Å². The van der Waals surface area contributed by atoms with E-state index in [4.69, 9.17) is 0 Å². The van der Waals surface area contributed by atoms with Crippen LogP contribution in [0.3, 0.4) is 0 Å². The molecule has 0 saturated heterocycles. The number of anilines is 2. The summed E-state index contributed by atoms with van der Waals surface area (Å²) in [4.78, 5) is 42.2. The largest absolute Gasteiger partial charge is 0.471 e. The quantitative estimate of drug-likeness (QED) is 0.408. The van der Waals surface area contributed by atoms with Gasteiger partial charge in [-0.3, -0.25) is 14.4 Å². The number of aromatic nitrogens is 2. The van der Waals surface area contributed by atoms with Gasteiger partial charge in [0.2, 0.25) is 5.91 Å². The second-order valence-corrected chi connectivity index (χ2v) is 6.40. The molecule has 0 aliphatic rings. The third kappa shape index (κ3) is 6.11. The lowest BCUT2D eigenvalue weighted by Crippen LogP contribution is -2.31. The van der Waals surface area contributed by atoms with Crippen LogP contribution in [0.1, 0.15) is 35.5 Å². The van der Waals surface area contributed by atoms with Crippen LogP contribution in [0.15, 0.2) is 29.0 Å². The highest BCUT2D eigenvalue weighted by Crippen LogP contribution is 2.26. The van der Waals surface area contributed by atoms with Crippen molar-refractivity contribution < 1.29 is 27.6 Å². The van der Waals surface area contributed by atoms with E-state index in [1.165, 1.54) is 31.3 Å². The molecule has 0 fully saturated rings. The van der Waals surface area contributed by atoms with Crippen molar-refractivity contribution in [2.24, 2.45) is 0 Å². The van der Waals surface area contributed by atoms with Gasteiger partial charge in [0.1, 0.15) is 16.1 Å². The molecule has 2 N–H and O–H groups in total. The monoisotopic (exact) mass is 468 g/mol. The molecule has 0 saturated carbocycles. The molecule has 2 heterocycles. The first-order valence-electron chi connectivity index (χ1n) is 7.82. The first kappa shape index (κ1) is 22.0. The predicted octanol–water partition coefficient (Wildman–Crippen LogP) is 3.30. The summed E-state index contributed by atoms with van der Waals surface area (Å²) in [5.74, 6) is 2.21. The number of carbonyl (C=O) groups is 3. The van der Waals surface area contributed by atoms with Crippen LogP contribution in [-0.4, -0.2) is 33.7 Å². The SMILES string of the molecule is CC(=O)Nc1cc(C#Cc2nc(Br)cc(C(C)=O)c2NC(=O)C(F)(F)F)ccn1. The van der Waals surface area contributed by atoms with Crippen molar-refractivity contribution in [1.29, 1.82) is 0 Å². The highest BCUT2D eigenvalue weighted by Gasteiger charge is 2.39. The van der Waals surface area contributed by atoms with E-state index in [2.05, 4.69) is 43.1 Å². The maximum atomic E-state index is 12.7. The first-order chi connectivity index (χ1) is 13.5. The van der Waals surface area contributed by atoms with Crippen LogP contribution in [0.25, 0.3) is 0 Å². The molecule has 0 aliphatic heterocycles. The third-order valence-corrected chi connectivity index (χ3v) is 3.66. The Balaban J connectivity index is 2.53. The summed E-state index contributed by atoms with van der Waals surface area (Å²) in [6.07, 6.45) is -3.79. The number of halogens is 4. The lowest BCUT2D eigenvalue weighted by Gasteiger charge is -2.13. The van der Waals surface area contributed by atoms with Crippen LogP contribution in [0.4, 0.5) is 24.7 Å². The molecule has 0 aromatic carbocycles. The van der Waals surface area contributed by atoms with Gasteiger partial charge in [0, 0.05) is 24.2 Å². The van der Waals surface area contributed by atoms with Crippen molar-refractivity contribution in [1.82, 2.24) is 9.97 Å². The normalized spacial score (nSPS) is 10.6. The Morgan fingerprint density at radius 2 is 1.79 bits per heavy atom. The van der Waals surface area contributed by atoms with Gasteiger partial charge < -0.3 is 10.6 Å². The number of carbonyl (C=O) groups excluding carboxylic acids is 3. The van der Waals surface area contributed by atoms with Crippen molar-refractivity contribution in [2.45, 2.75) is 20.0 Å². The number of nitrogens with one attached hydrogen (secondary N) is 2. The Morgan fingerprint density at radius 3 is 2.38 bits per heavy atom. The summed E-state index contributed by atoms with van der Waals surface area (Å²) in [5, 5.41) is 4.12. The third-order valence-electron chi connectivity index (χ3n) is 3.25. The van der Waals surface area contributed by atoms with Crippen LogP contribution >= 0.6 is 15.9 Å². The number of alkyl halides is 3. The maximum Gasteiger partial charge on any atom is 0.471 e. The molecule has 0 unspecified atom stereocenters. The van der Waals surface area contributed by atoms with E-state index in [-0.39, 0.29) is 27.6 Å². The molecule has 0 atom stereocenters. The number of hydrogen-bond donors (Lipinski definition) is 2.